The summed E-state index contributed by atoms with van der Waals surface area (Å²) >= 11 is 0. The van der Waals surface area contributed by atoms with Crippen molar-refractivity contribution >= 4 is 5.78 Å². The van der Waals surface area contributed by atoms with Crippen molar-refractivity contribution in [3.05, 3.63) is 18.1 Å². The first kappa shape index (κ1) is 13.8. The molecule has 0 spiro atoms. The molecule has 1 heterocycles. The van der Waals surface area contributed by atoms with E-state index >= 15 is 0 Å². The Morgan fingerprint density at radius 1 is 1.53 bits per heavy atom. The van der Waals surface area contributed by atoms with E-state index in [9.17, 15) is 13.6 Å². The van der Waals surface area contributed by atoms with Crippen molar-refractivity contribution in [1.29, 1.82) is 0 Å². The number of ketones is 1. The summed E-state index contributed by atoms with van der Waals surface area (Å²) in [6.45, 7) is 0. The molecule has 19 heavy (non-hydrogen) atoms. The van der Waals surface area contributed by atoms with E-state index in [-0.39, 0.29) is 25.0 Å². The number of carbonyl (C=O) groups is 1. The van der Waals surface area contributed by atoms with Crippen LogP contribution >= 0.6 is 0 Å². The van der Waals surface area contributed by atoms with Crippen LogP contribution in [-0.2, 0) is 11.2 Å². The van der Waals surface area contributed by atoms with Gasteiger partial charge in [-0.3, -0.25) is 4.79 Å². The first-order chi connectivity index (χ1) is 9.00. The number of rotatable bonds is 4. The number of methoxy groups -OCH3 is 1. The molecule has 0 bridgehead atoms. The van der Waals surface area contributed by atoms with Crippen molar-refractivity contribution in [2.75, 3.05) is 7.11 Å². The maximum atomic E-state index is 13.3. The minimum absolute atomic E-state index is 0.0552. The van der Waals surface area contributed by atoms with Crippen LogP contribution in [0.1, 0.15) is 31.4 Å². The first-order valence-electron chi connectivity index (χ1n) is 6.25. The van der Waals surface area contributed by atoms with Crippen LogP contribution in [0, 0.1) is 5.92 Å². The highest BCUT2D eigenvalue weighted by molar-refractivity contribution is 5.83. The average molecular weight is 270 g/mol. The molecule has 1 aliphatic carbocycles. The van der Waals surface area contributed by atoms with E-state index in [1.165, 1.54) is 13.4 Å². The van der Waals surface area contributed by atoms with Gasteiger partial charge in [-0.05, 0) is 12.8 Å². The average Bonchev–Trinajstić information content (AvgIpc) is 2.37. The monoisotopic (exact) mass is 270 g/mol. The number of nitrogens with zero attached hydrogens (tertiary/aromatic N) is 2. The number of aromatic nitrogens is 2. The van der Waals surface area contributed by atoms with Gasteiger partial charge < -0.3 is 4.74 Å². The normalized spacial score (nSPS) is 21.9. The smallest absolute Gasteiger partial charge is 0.248 e. The van der Waals surface area contributed by atoms with E-state index in [2.05, 4.69) is 9.97 Å². The molecule has 0 aliphatic heterocycles. The van der Waals surface area contributed by atoms with Crippen molar-refractivity contribution < 1.29 is 18.3 Å². The van der Waals surface area contributed by atoms with Crippen LogP contribution in [0.25, 0.3) is 0 Å². The molecule has 6 heteroatoms. The maximum absolute atomic E-state index is 13.3. The lowest BCUT2D eigenvalue weighted by Gasteiger charge is -2.27. The fraction of sp³-hybridized carbons (Fsp3) is 0.615. The van der Waals surface area contributed by atoms with Crippen molar-refractivity contribution in [3.63, 3.8) is 0 Å². The molecule has 1 atom stereocenters. The zero-order chi connectivity index (χ0) is 13.9. The van der Waals surface area contributed by atoms with Gasteiger partial charge in [-0.2, -0.15) is 0 Å². The van der Waals surface area contributed by atoms with Crippen LogP contribution < -0.4 is 4.74 Å². The van der Waals surface area contributed by atoms with E-state index in [0.717, 1.165) is 0 Å². The lowest BCUT2D eigenvalue weighted by atomic mass is 9.82. The summed E-state index contributed by atoms with van der Waals surface area (Å²) in [5, 5.41) is 0. The second-order valence-electron chi connectivity index (χ2n) is 4.84. The molecule has 1 aliphatic rings. The highest BCUT2D eigenvalue weighted by atomic mass is 19.3. The third-order valence-corrected chi connectivity index (χ3v) is 3.36. The molecule has 0 aromatic carbocycles. The predicted octanol–water partition coefficient (Wildman–Crippen LogP) is 2.42. The Labute approximate surface area is 110 Å². The number of alkyl halides is 2. The minimum Gasteiger partial charge on any atom is -0.481 e. The van der Waals surface area contributed by atoms with Gasteiger partial charge in [0.15, 0.2) is 0 Å². The summed E-state index contributed by atoms with van der Waals surface area (Å²) in [5.74, 6) is -3.08. The van der Waals surface area contributed by atoms with Crippen molar-refractivity contribution in [2.45, 2.75) is 38.0 Å². The van der Waals surface area contributed by atoms with Crippen LogP contribution in [-0.4, -0.2) is 28.8 Å². The molecule has 1 saturated carbocycles. The molecular formula is C13H16F2N2O2. The van der Waals surface area contributed by atoms with E-state index in [4.69, 9.17) is 4.74 Å². The Bertz CT molecular complexity index is 466. The SMILES string of the molecule is COc1cc(CC(=O)C2CCCC(F)(F)C2)ncn1. The number of halogens is 2. The second-order valence-corrected chi connectivity index (χ2v) is 4.84. The van der Waals surface area contributed by atoms with Gasteiger partial charge in [-0.15, -0.1) is 0 Å². The van der Waals surface area contributed by atoms with Crippen LogP contribution in [0.15, 0.2) is 12.4 Å². The summed E-state index contributed by atoms with van der Waals surface area (Å²) < 4.78 is 31.5. The summed E-state index contributed by atoms with van der Waals surface area (Å²) in [6.07, 6.45) is 1.84. The highest BCUT2D eigenvalue weighted by Crippen LogP contribution is 2.37. The molecule has 0 radical (unpaired) electrons. The Balaban J connectivity index is 2.00. The molecule has 104 valence electrons. The van der Waals surface area contributed by atoms with Crippen LogP contribution in [0.5, 0.6) is 5.88 Å². The van der Waals surface area contributed by atoms with Crippen molar-refractivity contribution in [2.24, 2.45) is 5.92 Å². The van der Waals surface area contributed by atoms with Gasteiger partial charge in [-0.1, -0.05) is 0 Å². The fourth-order valence-electron chi connectivity index (χ4n) is 2.35. The lowest BCUT2D eigenvalue weighted by molar-refractivity contribution is -0.129. The predicted molar refractivity (Wildman–Crippen MR) is 64.2 cm³/mol. The molecule has 1 fully saturated rings. The number of hydrogen-bond acceptors (Lipinski definition) is 4. The lowest BCUT2D eigenvalue weighted by Crippen LogP contribution is -2.31. The second kappa shape index (κ2) is 5.59. The molecule has 0 amide bonds. The third kappa shape index (κ3) is 3.68. The van der Waals surface area contributed by atoms with Gasteiger partial charge in [0, 0.05) is 31.2 Å². The van der Waals surface area contributed by atoms with Gasteiger partial charge in [0.05, 0.1) is 12.8 Å². The van der Waals surface area contributed by atoms with Crippen LogP contribution in [0.4, 0.5) is 8.78 Å². The largest absolute Gasteiger partial charge is 0.481 e. The summed E-state index contributed by atoms with van der Waals surface area (Å²) in [6, 6.07) is 1.55. The highest BCUT2D eigenvalue weighted by Gasteiger charge is 2.38. The van der Waals surface area contributed by atoms with Gasteiger partial charge >= 0.3 is 0 Å². The molecule has 2 rings (SSSR count). The quantitative estimate of drug-likeness (QED) is 0.843. The zero-order valence-electron chi connectivity index (χ0n) is 10.7. The standard InChI is InChI=1S/C13H16F2N2O2/c1-19-12-6-10(16-8-17-12)5-11(18)9-3-2-4-13(14,15)7-9/h6,8-9H,2-5,7H2,1H3. The number of ether oxygens (including phenoxy) is 1. The van der Waals surface area contributed by atoms with E-state index in [1.807, 2.05) is 0 Å². The molecule has 1 aromatic heterocycles. The topological polar surface area (TPSA) is 52.1 Å². The van der Waals surface area contributed by atoms with Crippen molar-refractivity contribution in [3.8, 4) is 5.88 Å². The van der Waals surface area contributed by atoms with Crippen LogP contribution in [0.3, 0.4) is 0 Å². The van der Waals surface area contributed by atoms with E-state index in [0.29, 0.717) is 24.4 Å². The molecule has 0 saturated heterocycles. The minimum atomic E-state index is -2.71. The molecule has 4 nitrogen and oxygen atoms in total. The molecule has 1 unspecified atom stereocenters. The molecule has 0 N–H and O–H groups in total. The molecular weight excluding hydrogens is 254 g/mol. The summed E-state index contributed by atoms with van der Waals surface area (Å²) in [7, 11) is 1.47. The van der Waals surface area contributed by atoms with Gasteiger partial charge in [0.25, 0.3) is 0 Å². The Morgan fingerprint density at radius 2 is 2.32 bits per heavy atom. The molecule has 1 aromatic rings. The third-order valence-electron chi connectivity index (χ3n) is 3.36. The Hall–Kier alpha value is -1.59. The number of carbonyl (C=O) groups excluding carboxylic acids is 1. The Morgan fingerprint density at radius 3 is 3.00 bits per heavy atom. The fourth-order valence-corrected chi connectivity index (χ4v) is 2.35. The van der Waals surface area contributed by atoms with Gasteiger partial charge in [0.1, 0.15) is 12.1 Å². The van der Waals surface area contributed by atoms with E-state index < -0.39 is 11.8 Å². The summed E-state index contributed by atoms with van der Waals surface area (Å²) in [5.41, 5.74) is 0.505. The van der Waals surface area contributed by atoms with E-state index in [1.54, 1.807) is 6.07 Å². The van der Waals surface area contributed by atoms with Gasteiger partial charge in [0.2, 0.25) is 11.8 Å². The first-order valence-corrected chi connectivity index (χ1v) is 6.25. The van der Waals surface area contributed by atoms with Gasteiger partial charge in [-0.25, -0.2) is 18.7 Å². The summed E-state index contributed by atoms with van der Waals surface area (Å²) in [4.78, 5) is 19.8. The maximum Gasteiger partial charge on any atom is 0.248 e. The van der Waals surface area contributed by atoms with Crippen LogP contribution in [0.2, 0.25) is 0 Å². The Kier molecular flexibility index (Phi) is 4.07. The zero-order valence-corrected chi connectivity index (χ0v) is 10.7. The van der Waals surface area contributed by atoms with Crippen molar-refractivity contribution in [1.82, 2.24) is 9.97 Å². The number of hydrogen-bond donors (Lipinski definition) is 0. The number of Topliss-reactive ketones (excluding diaryl/α,β-unsaturated/α-hetero) is 1.